The number of hydrogen-bond acceptors (Lipinski definition) is 4. The smallest absolute Gasteiger partial charge is 0.191 e. The highest BCUT2D eigenvalue weighted by Gasteiger charge is 2.09. The SMILES string of the molecule is CCCOc1ccc(CN=C(NCC)NCCN2CCCCC2)cc1OC. The highest BCUT2D eigenvalue weighted by Crippen LogP contribution is 2.28. The van der Waals surface area contributed by atoms with Gasteiger partial charge >= 0.3 is 0 Å². The summed E-state index contributed by atoms with van der Waals surface area (Å²) in [6.07, 6.45) is 5.01. The van der Waals surface area contributed by atoms with Gasteiger partial charge in [0.2, 0.25) is 0 Å². The van der Waals surface area contributed by atoms with E-state index in [-0.39, 0.29) is 0 Å². The van der Waals surface area contributed by atoms with Crippen molar-refractivity contribution >= 4 is 5.96 Å². The lowest BCUT2D eigenvalue weighted by atomic mass is 10.1. The largest absolute Gasteiger partial charge is 0.493 e. The zero-order chi connectivity index (χ0) is 19.3. The van der Waals surface area contributed by atoms with Crippen molar-refractivity contribution in [2.24, 2.45) is 4.99 Å². The Hall–Kier alpha value is -1.95. The molecule has 6 nitrogen and oxygen atoms in total. The normalized spacial score (nSPS) is 15.4. The van der Waals surface area contributed by atoms with E-state index < -0.39 is 0 Å². The molecule has 2 N–H and O–H groups in total. The summed E-state index contributed by atoms with van der Waals surface area (Å²) >= 11 is 0. The maximum Gasteiger partial charge on any atom is 0.191 e. The van der Waals surface area contributed by atoms with Gasteiger partial charge in [-0.05, 0) is 57.0 Å². The zero-order valence-corrected chi connectivity index (χ0v) is 17.2. The number of nitrogens with zero attached hydrogens (tertiary/aromatic N) is 2. The second-order valence-corrected chi connectivity index (χ2v) is 6.86. The third kappa shape index (κ3) is 7.67. The van der Waals surface area contributed by atoms with Gasteiger partial charge in [-0.15, -0.1) is 0 Å². The van der Waals surface area contributed by atoms with E-state index in [4.69, 9.17) is 14.5 Å². The van der Waals surface area contributed by atoms with Gasteiger partial charge in [-0.1, -0.05) is 19.4 Å². The number of nitrogens with one attached hydrogen (secondary N) is 2. The summed E-state index contributed by atoms with van der Waals surface area (Å²) in [6.45, 7) is 10.8. The number of ether oxygens (including phenoxy) is 2. The molecule has 1 aromatic rings. The number of methoxy groups -OCH3 is 1. The number of hydrogen-bond donors (Lipinski definition) is 2. The minimum Gasteiger partial charge on any atom is -0.493 e. The number of likely N-dealkylation sites (tertiary alicyclic amines) is 1. The number of guanidine groups is 1. The molecule has 152 valence electrons. The molecule has 2 rings (SSSR count). The Bertz CT molecular complexity index is 571. The third-order valence-electron chi connectivity index (χ3n) is 4.62. The van der Waals surface area contributed by atoms with Crippen molar-refractivity contribution < 1.29 is 9.47 Å². The van der Waals surface area contributed by atoms with Crippen molar-refractivity contribution in [3.63, 3.8) is 0 Å². The summed E-state index contributed by atoms with van der Waals surface area (Å²) in [6, 6.07) is 6.02. The summed E-state index contributed by atoms with van der Waals surface area (Å²) in [7, 11) is 1.67. The highest BCUT2D eigenvalue weighted by atomic mass is 16.5. The minimum atomic E-state index is 0.601. The van der Waals surface area contributed by atoms with E-state index >= 15 is 0 Å². The molecule has 1 heterocycles. The molecule has 0 bridgehead atoms. The van der Waals surface area contributed by atoms with E-state index in [0.717, 1.165) is 49.1 Å². The van der Waals surface area contributed by atoms with Crippen molar-refractivity contribution in [2.45, 2.75) is 46.1 Å². The molecule has 1 saturated heterocycles. The maximum absolute atomic E-state index is 5.72. The molecule has 1 fully saturated rings. The van der Waals surface area contributed by atoms with Crippen LogP contribution in [-0.2, 0) is 6.54 Å². The van der Waals surface area contributed by atoms with E-state index in [1.807, 2.05) is 18.2 Å². The van der Waals surface area contributed by atoms with Crippen LogP contribution in [-0.4, -0.2) is 57.3 Å². The Balaban J connectivity index is 1.88. The molecule has 0 aliphatic carbocycles. The minimum absolute atomic E-state index is 0.601. The van der Waals surface area contributed by atoms with Crippen LogP contribution in [0.1, 0.15) is 45.1 Å². The van der Waals surface area contributed by atoms with Crippen LogP contribution >= 0.6 is 0 Å². The molecule has 1 aromatic carbocycles. The van der Waals surface area contributed by atoms with E-state index in [2.05, 4.69) is 29.4 Å². The van der Waals surface area contributed by atoms with Crippen LogP contribution in [0.2, 0.25) is 0 Å². The Morgan fingerprint density at radius 2 is 1.93 bits per heavy atom. The second kappa shape index (κ2) is 12.4. The van der Waals surface area contributed by atoms with Crippen molar-refractivity contribution in [3.05, 3.63) is 23.8 Å². The van der Waals surface area contributed by atoms with Crippen molar-refractivity contribution in [1.29, 1.82) is 0 Å². The predicted octanol–water partition coefficient (Wildman–Crippen LogP) is 3.03. The first kappa shape index (κ1) is 21.4. The fourth-order valence-electron chi connectivity index (χ4n) is 3.17. The standard InChI is InChI=1S/C21H36N4O2/c1-4-15-27-19-10-9-18(16-20(19)26-3)17-24-21(22-5-2)23-11-14-25-12-7-6-8-13-25/h9-10,16H,4-8,11-15,17H2,1-3H3,(H2,22,23,24). The lowest BCUT2D eigenvalue weighted by Crippen LogP contribution is -2.42. The molecule has 1 aliphatic heterocycles. The molecule has 0 amide bonds. The first-order valence-electron chi connectivity index (χ1n) is 10.3. The van der Waals surface area contributed by atoms with Crippen molar-refractivity contribution in [1.82, 2.24) is 15.5 Å². The molecule has 6 heteroatoms. The fraction of sp³-hybridized carbons (Fsp3) is 0.667. The monoisotopic (exact) mass is 376 g/mol. The Morgan fingerprint density at radius 3 is 2.63 bits per heavy atom. The number of aliphatic imine (C=N–C) groups is 1. The number of piperidine rings is 1. The van der Waals surface area contributed by atoms with Gasteiger partial charge in [0.05, 0.1) is 20.3 Å². The van der Waals surface area contributed by atoms with Crippen LogP contribution in [0.5, 0.6) is 11.5 Å². The quantitative estimate of drug-likeness (QED) is 0.486. The summed E-state index contributed by atoms with van der Waals surface area (Å²) in [5.41, 5.74) is 1.10. The van der Waals surface area contributed by atoms with E-state index in [1.54, 1.807) is 7.11 Å². The Kier molecular flexibility index (Phi) is 9.84. The molecule has 0 saturated carbocycles. The molecular weight excluding hydrogens is 340 g/mol. The fourth-order valence-corrected chi connectivity index (χ4v) is 3.17. The van der Waals surface area contributed by atoms with Crippen LogP contribution in [0, 0.1) is 0 Å². The molecule has 0 radical (unpaired) electrons. The van der Waals surface area contributed by atoms with E-state index in [9.17, 15) is 0 Å². The molecule has 0 spiro atoms. The van der Waals surface area contributed by atoms with Crippen LogP contribution in [0.25, 0.3) is 0 Å². The molecular formula is C21H36N4O2. The predicted molar refractivity (Wildman–Crippen MR) is 112 cm³/mol. The van der Waals surface area contributed by atoms with Crippen molar-refractivity contribution in [3.8, 4) is 11.5 Å². The van der Waals surface area contributed by atoms with Crippen molar-refractivity contribution in [2.75, 3.05) is 46.4 Å². The zero-order valence-electron chi connectivity index (χ0n) is 17.2. The average molecular weight is 377 g/mol. The van der Waals surface area contributed by atoms with Gasteiger partial charge < -0.3 is 25.0 Å². The summed E-state index contributed by atoms with van der Waals surface area (Å²) in [5.74, 6) is 2.41. The second-order valence-electron chi connectivity index (χ2n) is 6.86. The summed E-state index contributed by atoms with van der Waals surface area (Å²) in [4.78, 5) is 7.24. The summed E-state index contributed by atoms with van der Waals surface area (Å²) < 4.78 is 11.2. The van der Waals surface area contributed by atoms with Gasteiger partial charge in [0.15, 0.2) is 17.5 Å². The molecule has 0 unspecified atom stereocenters. The lowest BCUT2D eigenvalue weighted by molar-refractivity contribution is 0.232. The van der Waals surface area contributed by atoms with Crippen LogP contribution in [0.4, 0.5) is 0 Å². The van der Waals surface area contributed by atoms with Gasteiger partial charge in [-0.2, -0.15) is 0 Å². The number of benzene rings is 1. The van der Waals surface area contributed by atoms with Gasteiger partial charge in [-0.3, -0.25) is 0 Å². The van der Waals surface area contributed by atoms with Gasteiger partial charge in [0.1, 0.15) is 0 Å². The Morgan fingerprint density at radius 1 is 1.11 bits per heavy atom. The van der Waals surface area contributed by atoms with Gasteiger partial charge in [0.25, 0.3) is 0 Å². The third-order valence-corrected chi connectivity index (χ3v) is 4.62. The van der Waals surface area contributed by atoms with Crippen LogP contribution in [0.15, 0.2) is 23.2 Å². The number of rotatable bonds is 10. The van der Waals surface area contributed by atoms with Gasteiger partial charge in [0, 0.05) is 19.6 Å². The van der Waals surface area contributed by atoms with Crippen LogP contribution < -0.4 is 20.1 Å². The van der Waals surface area contributed by atoms with E-state index in [1.165, 1.54) is 32.4 Å². The van der Waals surface area contributed by atoms with Gasteiger partial charge in [-0.25, -0.2) is 4.99 Å². The maximum atomic E-state index is 5.72. The topological polar surface area (TPSA) is 58.1 Å². The molecule has 1 aliphatic rings. The molecule has 0 atom stereocenters. The lowest BCUT2D eigenvalue weighted by Gasteiger charge is -2.26. The van der Waals surface area contributed by atoms with E-state index in [0.29, 0.717) is 13.2 Å². The Labute approximate surface area is 164 Å². The molecule has 27 heavy (non-hydrogen) atoms. The highest BCUT2D eigenvalue weighted by molar-refractivity contribution is 5.79. The summed E-state index contributed by atoms with van der Waals surface area (Å²) in [5, 5.41) is 6.77. The average Bonchev–Trinajstić information content (AvgIpc) is 2.71. The molecule has 0 aromatic heterocycles. The first-order chi connectivity index (χ1) is 13.3. The first-order valence-corrected chi connectivity index (χ1v) is 10.3. The van der Waals surface area contributed by atoms with Crippen LogP contribution in [0.3, 0.4) is 0 Å².